The van der Waals surface area contributed by atoms with Crippen molar-refractivity contribution in [2.24, 2.45) is 5.92 Å². The van der Waals surface area contributed by atoms with Gasteiger partial charge in [0.15, 0.2) is 0 Å². The Morgan fingerprint density at radius 1 is 0.800 bits per heavy atom. The summed E-state index contributed by atoms with van der Waals surface area (Å²) in [7, 11) is 0. The van der Waals surface area contributed by atoms with Crippen molar-refractivity contribution in [3.63, 3.8) is 0 Å². The molecule has 0 aromatic carbocycles. The predicted octanol–water partition coefficient (Wildman–Crippen LogP) is 5.33. The van der Waals surface area contributed by atoms with Crippen LogP contribution in [0.1, 0.15) is 65.2 Å². The lowest BCUT2D eigenvalue weighted by molar-refractivity contribution is -0.178. The van der Waals surface area contributed by atoms with Crippen LogP contribution in [0.4, 0.5) is 13.2 Å². The van der Waals surface area contributed by atoms with Gasteiger partial charge in [-0.05, 0) is 12.8 Å². The van der Waals surface area contributed by atoms with Crippen LogP contribution in [0.2, 0.25) is 0 Å². The van der Waals surface area contributed by atoms with Gasteiger partial charge in [0.25, 0.3) is 0 Å². The maximum Gasteiger partial charge on any atom is 0.391 e. The van der Waals surface area contributed by atoms with Crippen molar-refractivity contribution in [2.45, 2.75) is 71.4 Å². The molecule has 0 radical (unpaired) electrons. The average molecular weight is 224 g/mol. The number of rotatable bonds is 8. The van der Waals surface area contributed by atoms with Crippen LogP contribution in [-0.4, -0.2) is 6.18 Å². The van der Waals surface area contributed by atoms with Gasteiger partial charge in [0.05, 0.1) is 5.92 Å². The number of halogens is 3. The van der Waals surface area contributed by atoms with Crippen LogP contribution in [0.15, 0.2) is 0 Å². The van der Waals surface area contributed by atoms with Crippen molar-refractivity contribution in [3.05, 3.63) is 0 Å². The standard InChI is InChI=1S/C12H23F3/c1-3-5-7-9-11(12(13,14)15)10-8-6-4-2/h11H,3-10H2,1-2H3. The van der Waals surface area contributed by atoms with Gasteiger partial charge in [-0.15, -0.1) is 0 Å². The van der Waals surface area contributed by atoms with Gasteiger partial charge < -0.3 is 0 Å². The number of alkyl halides is 3. The van der Waals surface area contributed by atoms with Crippen LogP contribution < -0.4 is 0 Å². The van der Waals surface area contributed by atoms with E-state index in [0.717, 1.165) is 25.7 Å². The van der Waals surface area contributed by atoms with Gasteiger partial charge in [0.2, 0.25) is 0 Å². The quantitative estimate of drug-likeness (QED) is 0.489. The highest BCUT2D eigenvalue weighted by atomic mass is 19.4. The summed E-state index contributed by atoms with van der Waals surface area (Å²) in [6.45, 7) is 4.03. The van der Waals surface area contributed by atoms with E-state index in [0.29, 0.717) is 25.7 Å². The van der Waals surface area contributed by atoms with E-state index in [-0.39, 0.29) is 0 Å². The Bertz CT molecular complexity index is 130. The van der Waals surface area contributed by atoms with Crippen molar-refractivity contribution in [1.29, 1.82) is 0 Å². The topological polar surface area (TPSA) is 0 Å². The van der Waals surface area contributed by atoms with E-state index in [1.54, 1.807) is 0 Å². The number of unbranched alkanes of at least 4 members (excludes halogenated alkanes) is 4. The highest BCUT2D eigenvalue weighted by molar-refractivity contribution is 4.68. The van der Waals surface area contributed by atoms with Crippen molar-refractivity contribution < 1.29 is 13.2 Å². The molecule has 0 spiro atoms. The van der Waals surface area contributed by atoms with Crippen LogP contribution >= 0.6 is 0 Å². The summed E-state index contributed by atoms with van der Waals surface area (Å²) in [5, 5.41) is 0. The minimum atomic E-state index is -3.98. The Morgan fingerprint density at radius 3 is 1.47 bits per heavy atom. The van der Waals surface area contributed by atoms with E-state index < -0.39 is 12.1 Å². The summed E-state index contributed by atoms with van der Waals surface area (Å²) in [5.41, 5.74) is 0. The summed E-state index contributed by atoms with van der Waals surface area (Å²) >= 11 is 0. The first-order chi connectivity index (χ1) is 7.02. The molecule has 0 aliphatic carbocycles. The predicted molar refractivity (Wildman–Crippen MR) is 57.8 cm³/mol. The summed E-state index contributed by atoms with van der Waals surface area (Å²) in [6.07, 6.45) is 1.89. The van der Waals surface area contributed by atoms with Crippen LogP contribution in [0, 0.1) is 5.92 Å². The van der Waals surface area contributed by atoms with Crippen LogP contribution in [0.25, 0.3) is 0 Å². The molecule has 0 unspecified atom stereocenters. The molecule has 0 aromatic rings. The molecule has 0 rings (SSSR count). The average Bonchev–Trinajstić information content (AvgIpc) is 2.14. The molecule has 0 aromatic heterocycles. The molecular weight excluding hydrogens is 201 g/mol. The molecule has 0 nitrogen and oxygen atoms in total. The first-order valence-electron chi connectivity index (χ1n) is 6.09. The van der Waals surface area contributed by atoms with Crippen LogP contribution in [0.3, 0.4) is 0 Å². The SMILES string of the molecule is CCCCCC(CCCCC)C(F)(F)F. The van der Waals surface area contributed by atoms with Crippen molar-refractivity contribution in [1.82, 2.24) is 0 Å². The molecule has 0 amide bonds. The lowest BCUT2D eigenvalue weighted by Gasteiger charge is -2.19. The van der Waals surface area contributed by atoms with Crippen molar-refractivity contribution in [3.8, 4) is 0 Å². The number of hydrogen-bond acceptors (Lipinski definition) is 0. The normalized spacial score (nSPS) is 12.4. The second-order valence-corrected chi connectivity index (χ2v) is 4.23. The largest absolute Gasteiger partial charge is 0.391 e. The van der Waals surface area contributed by atoms with Crippen molar-refractivity contribution >= 4 is 0 Å². The molecule has 3 heteroatoms. The van der Waals surface area contributed by atoms with Gasteiger partial charge in [-0.2, -0.15) is 13.2 Å². The van der Waals surface area contributed by atoms with Crippen molar-refractivity contribution in [2.75, 3.05) is 0 Å². The van der Waals surface area contributed by atoms with Gasteiger partial charge >= 0.3 is 6.18 Å². The molecule has 0 bridgehead atoms. The van der Waals surface area contributed by atoms with Gasteiger partial charge in [-0.25, -0.2) is 0 Å². The summed E-state index contributed by atoms with van der Waals surface area (Å²) in [6, 6.07) is 0. The molecule has 0 saturated carbocycles. The zero-order chi connectivity index (χ0) is 11.7. The van der Waals surface area contributed by atoms with Crippen LogP contribution in [-0.2, 0) is 0 Å². The maximum absolute atomic E-state index is 12.6. The first-order valence-corrected chi connectivity index (χ1v) is 6.09. The summed E-state index contributed by atoms with van der Waals surface area (Å²) in [4.78, 5) is 0. The van der Waals surface area contributed by atoms with E-state index in [9.17, 15) is 13.2 Å². The van der Waals surface area contributed by atoms with Gasteiger partial charge in [0.1, 0.15) is 0 Å². The Labute approximate surface area is 91.3 Å². The highest BCUT2D eigenvalue weighted by Crippen LogP contribution is 2.34. The third-order valence-electron chi connectivity index (χ3n) is 2.78. The highest BCUT2D eigenvalue weighted by Gasteiger charge is 2.37. The minimum absolute atomic E-state index is 0.320. The Kier molecular flexibility index (Phi) is 7.89. The molecular formula is C12H23F3. The smallest absolute Gasteiger partial charge is 0.171 e. The fourth-order valence-corrected chi connectivity index (χ4v) is 1.75. The summed E-state index contributed by atoms with van der Waals surface area (Å²) < 4.78 is 37.7. The zero-order valence-corrected chi connectivity index (χ0v) is 9.87. The molecule has 0 fully saturated rings. The lowest BCUT2D eigenvalue weighted by Crippen LogP contribution is -2.22. The third-order valence-corrected chi connectivity index (χ3v) is 2.78. The van der Waals surface area contributed by atoms with Gasteiger partial charge in [-0.3, -0.25) is 0 Å². The number of hydrogen-bond donors (Lipinski definition) is 0. The summed E-state index contributed by atoms with van der Waals surface area (Å²) in [5.74, 6) is -1.06. The first kappa shape index (κ1) is 14.8. The molecule has 0 aliphatic heterocycles. The van der Waals surface area contributed by atoms with Crippen LogP contribution in [0.5, 0.6) is 0 Å². The molecule has 0 saturated heterocycles. The maximum atomic E-state index is 12.6. The second kappa shape index (κ2) is 8.00. The van der Waals surface area contributed by atoms with E-state index in [2.05, 4.69) is 0 Å². The molecule has 0 heterocycles. The molecule has 92 valence electrons. The van der Waals surface area contributed by atoms with E-state index >= 15 is 0 Å². The second-order valence-electron chi connectivity index (χ2n) is 4.23. The third kappa shape index (κ3) is 7.69. The molecule has 0 atom stereocenters. The van der Waals surface area contributed by atoms with Gasteiger partial charge in [0, 0.05) is 0 Å². The lowest BCUT2D eigenvalue weighted by atomic mass is 9.94. The Balaban J connectivity index is 3.85. The Morgan fingerprint density at radius 2 is 1.20 bits per heavy atom. The Hall–Kier alpha value is -0.210. The molecule has 15 heavy (non-hydrogen) atoms. The minimum Gasteiger partial charge on any atom is -0.171 e. The van der Waals surface area contributed by atoms with E-state index in [1.807, 2.05) is 13.8 Å². The van der Waals surface area contributed by atoms with E-state index in [4.69, 9.17) is 0 Å². The fourth-order valence-electron chi connectivity index (χ4n) is 1.75. The van der Waals surface area contributed by atoms with Gasteiger partial charge in [-0.1, -0.05) is 52.4 Å². The monoisotopic (exact) mass is 224 g/mol. The fraction of sp³-hybridized carbons (Fsp3) is 1.00. The van der Waals surface area contributed by atoms with E-state index in [1.165, 1.54) is 0 Å². The molecule has 0 aliphatic rings. The molecule has 0 N–H and O–H groups in total. The zero-order valence-electron chi connectivity index (χ0n) is 9.87.